The fourth-order valence-corrected chi connectivity index (χ4v) is 1.47. The lowest BCUT2D eigenvalue weighted by Gasteiger charge is -2.21. The largest absolute Gasteiger partial charge is 0.444 e. The van der Waals surface area contributed by atoms with Gasteiger partial charge in [0.15, 0.2) is 0 Å². The summed E-state index contributed by atoms with van der Waals surface area (Å²) in [6.45, 7) is 8.31. The van der Waals surface area contributed by atoms with E-state index in [0.29, 0.717) is 0 Å². The van der Waals surface area contributed by atoms with E-state index in [1.54, 1.807) is 20.8 Å². The number of hydrogen-bond acceptors (Lipinski definition) is 5. The number of carbonyl (C=O) groups excluding carboxylic acids is 4. The molecule has 0 unspecified atom stereocenters. The third-order valence-electron chi connectivity index (χ3n) is 2.59. The van der Waals surface area contributed by atoms with Crippen LogP contribution in [0.1, 0.15) is 53.9 Å². The van der Waals surface area contributed by atoms with Crippen LogP contribution >= 0.6 is 0 Å². The van der Waals surface area contributed by atoms with Crippen molar-refractivity contribution in [3.63, 3.8) is 0 Å². The molecule has 1 atom stereocenters. The fraction of sp³-hybridized carbons (Fsp3) is 0.733. The van der Waals surface area contributed by atoms with Crippen LogP contribution in [0.3, 0.4) is 0 Å². The molecule has 0 aromatic heterocycles. The summed E-state index contributed by atoms with van der Waals surface area (Å²) in [7, 11) is 0. The number of ketones is 2. The van der Waals surface area contributed by atoms with Crippen LogP contribution in [0.2, 0.25) is 0 Å². The number of rotatable bonds is 8. The molecule has 0 heterocycles. The molecule has 0 aliphatic rings. The number of nitrogens with one attached hydrogen (secondary N) is 2. The van der Waals surface area contributed by atoms with Crippen molar-refractivity contribution in [2.45, 2.75) is 65.5 Å². The maximum absolute atomic E-state index is 11.7. The molecule has 2 N–H and O–H groups in total. The van der Waals surface area contributed by atoms with Crippen LogP contribution < -0.4 is 10.6 Å². The number of amides is 2. The Kier molecular flexibility index (Phi) is 8.37. The van der Waals surface area contributed by atoms with Crippen LogP contribution in [0.5, 0.6) is 0 Å². The van der Waals surface area contributed by atoms with Crippen molar-refractivity contribution >= 4 is 23.6 Å². The van der Waals surface area contributed by atoms with Crippen LogP contribution in [-0.2, 0) is 19.1 Å². The third kappa shape index (κ3) is 10.8. The van der Waals surface area contributed by atoms with Crippen molar-refractivity contribution in [3.05, 3.63) is 0 Å². The highest BCUT2D eigenvalue weighted by atomic mass is 16.6. The first-order valence-electron chi connectivity index (χ1n) is 7.29. The highest BCUT2D eigenvalue weighted by molar-refractivity contribution is 5.87. The lowest BCUT2D eigenvalue weighted by Crippen LogP contribution is -2.46. The van der Waals surface area contributed by atoms with E-state index in [4.69, 9.17) is 4.74 Å². The molecule has 0 saturated carbocycles. The van der Waals surface area contributed by atoms with Gasteiger partial charge in [-0.2, -0.15) is 0 Å². The third-order valence-corrected chi connectivity index (χ3v) is 2.59. The molecule has 0 aliphatic carbocycles. The Balaban J connectivity index is 3.99. The van der Waals surface area contributed by atoms with E-state index in [-0.39, 0.29) is 37.4 Å². The Labute approximate surface area is 131 Å². The van der Waals surface area contributed by atoms with Crippen LogP contribution in [0.4, 0.5) is 4.79 Å². The quantitative estimate of drug-likeness (QED) is 0.704. The van der Waals surface area contributed by atoms with Gasteiger partial charge in [-0.1, -0.05) is 0 Å². The van der Waals surface area contributed by atoms with Gasteiger partial charge in [0.1, 0.15) is 23.2 Å². The molecular formula is C15H26N2O5. The topological polar surface area (TPSA) is 102 Å². The van der Waals surface area contributed by atoms with Gasteiger partial charge < -0.3 is 20.2 Å². The highest BCUT2D eigenvalue weighted by Crippen LogP contribution is 2.06. The summed E-state index contributed by atoms with van der Waals surface area (Å²) in [5.74, 6) is -0.513. The molecule has 0 radical (unpaired) electrons. The zero-order valence-electron chi connectivity index (χ0n) is 13.9. The first-order valence-corrected chi connectivity index (χ1v) is 7.29. The van der Waals surface area contributed by atoms with Crippen molar-refractivity contribution in [1.82, 2.24) is 10.6 Å². The van der Waals surface area contributed by atoms with E-state index in [1.165, 1.54) is 13.8 Å². The molecule has 0 saturated heterocycles. The van der Waals surface area contributed by atoms with Crippen molar-refractivity contribution in [2.24, 2.45) is 0 Å². The molecule has 7 heteroatoms. The summed E-state index contributed by atoms with van der Waals surface area (Å²) in [6, 6.07) is -0.762. The van der Waals surface area contributed by atoms with Gasteiger partial charge in [0, 0.05) is 25.8 Å². The molecule has 0 aliphatic heterocycles. The maximum atomic E-state index is 11.7. The van der Waals surface area contributed by atoms with Crippen molar-refractivity contribution in [3.8, 4) is 0 Å². The number of ether oxygens (including phenoxy) is 1. The first-order chi connectivity index (χ1) is 10.0. The predicted octanol–water partition coefficient (Wildman–Crippen LogP) is 1.34. The van der Waals surface area contributed by atoms with Crippen molar-refractivity contribution < 1.29 is 23.9 Å². The Hall–Kier alpha value is -1.92. The molecule has 0 fully saturated rings. The maximum Gasteiger partial charge on any atom is 0.408 e. The van der Waals surface area contributed by atoms with Crippen LogP contribution in [0, 0.1) is 0 Å². The number of Topliss-reactive ketones (excluding diaryl/α,β-unsaturated/α-hetero) is 2. The molecule has 0 spiro atoms. The Morgan fingerprint density at radius 2 is 1.64 bits per heavy atom. The second kappa shape index (κ2) is 9.17. The van der Waals surface area contributed by atoms with E-state index in [0.717, 1.165) is 0 Å². The normalized spacial score (nSPS) is 12.2. The minimum absolute atomic E-state index is 0.0347. The van der Waals surface area contributed by atoms with E-state index < -0.39 is 23.6 Å². The average Bonchev–Trinajstić information content (AvgIpc) is 2.33. The molecule has 22 heavy (non-hydrogen) atoms. The first kappa shape index (κ1) is 20.1. The SMILES string of the molecule is CC(=O)CCC(=O)CCNC(=O)[C@H](C)NC(=O)OC(C)(C)C. The van der Waals surface area contributed by atoms with Crippen molar-refractivity contribution in [1.29, 1.82) is 0 Å². The van der Waals surface area contributed by atoms with Crippen molar-refractivity contribution in [2.75, 3.05) is 6.54 Å². The van der Waals surface area contributed by atoms with Gasteiger partial charge in [-0.25, -0.2) is 4.79 Å². The zero-order chi connectivity index (χ0) is 17.3. The smallest absolute Gasteiger partial charge is 0.408 e. The Bertz CT molecular complexity index is 426. The van der Waals surface area contributed by atoms with E-state index in [9.17, 15) is 19.2 Å². The van der Waals surface area contributed by atoms with Gasteiger partial charge in [-0.15, -0.1) is 0 Å². The Morgan fingerprint density at radius 1 is 1.05 bits per heavy atom. The molecule has 126 valence electrons. The minimum atomic E-state index is -0.762. The summed E-state index contributed by atoms with van der Waals surface area (Å²) in [6.07, 6.45) is -0.0916. The lowest BCUT2D eigenvalue weighted by molar-refractivity contribution is -0.124. The second-order valence-electron chi connectivity index (χ2n) is 6.15. The molecule has 0 bridgehead atoms. The number of hydrogen-bond donors (Lipinski definition) is 2. The Morgan fingerprint density at radius 3 is 2.14 bits per heavy atom. The lowest BCUT2D eigenvalue weighted by atomic mass is 10.1. The molecule has 7 nitrogen and oxygen atoms in total. The molecule has 0 aromatic carbocycles. The summed E-state index contributed by atoms with van der Waals surface area (Å²) < 4.78 is 5.04. The van der Waals surface area contributed by atoms with Gasteiger partial charge >= 0.3 is 6.09 Å². The summed E-state index contributed by atoms with van der Waals surface area (Å²) in [5, 5.41) is 4.97. The van der Waals surface area contributed by atoms with Gasteiger partial charge in [-0.05, 0) is 34.6 Å². The van der Waals surface area contributed by atoms with Crippen LogP contribution in [0.15, 0.2) is 0 Å². The number of alkyl carbamates (subject to hydrolysis) is 1. The van der Waals surface area contributed by atoms with Crippen LogP contribution in [0.25, 0.3) is 0 Å². The van der Waals surface area contributed by atoms with E-state index >= 15 is 0 Å². The van der Waals surface area contributed by atoms with E-state index in [2.05, 4.69) is 10.6 Å². The van der Waals surface area contributed by atoms with Gasteiger partial charge in [0.05, 0.1) is 0 Å². The number of carbonyl (C=O) groups is 4. The zero-order valence-corrected chi connectivity index (χ0v) is 13.9. The molecule has 2 amide bonds. The monoisotopic (exact) mass is 314 g/mol. The molecular weight excluding hydrogens is 288 g/mol. The van der Waals surface area contributed by atoms with Crippen LogP contribution in [-0.4, -0.2) is 41.8 Å². The highest BCUT2D eigenvalue weighted by Gasteiger charge is 2.20. The standard InChI is InChI=1S/C15H26N2O5/c1-10(18)6-7-12(19)8-9-16-13(20)11(2)17-14(21)22-15(3,4)5/h11H,6-9H2,1-5H3,(H,16,20)(H,17,21)/t11-/m0/s1. The second-order valence-corrected chi connectivity index (χ2v) is 6.15. The summed E-state index contributed by atoms with van der Waals surface area (Å²) in [5.41, 5.74) is -0.636. The van der Waals surface area contributed by atoms with Gasteiger partial charge in [0.2, 0.25) is 5.91 Å². The summed E-state index contributed by atoms with van der Waals surface area (Å²) in [4.78, 5) is 45.4. The van der Waals surface area contributed by atoms with Gasteiger partial charge in [0.25, 0.3) is 0 Å². The van der Waals surface area contributed by atoms with Gasteiger partial charge in [-0.3, -0.25) is 9.59 Å². The molecule has 0 rings (SSSR count). The average molecular weight is 314 g/mol. The minimum Gasteiger partial charge on any atom is -0.444 e. The van der Waals surface area contributed by atoms with E-state index in [1.807, 2.05) is 0 Å². The molecule has 0 aromatic rings. The fourth-order valence-electron chi connectivity index (χ4n) is 1.47. The predicted molar refractivity (Wildman–Crippen MR) is 81.4 cm³/mol. The summed E-state index contributed by atoms with van der Waals surface area (Å²) >= 11 is 0.